The van der Waals surface area contributed by atoms with Gasteiger partial charge in [0.25, 0.3) is 0 Å². The molecule has 1 aliphatic heterocycles. The molecule has 0 aliphatic carbocycles. The van der Waals surface area contributed by atoms with Crippen LogP contribution in [0.25, 0.3) is 0 Å². The van der Waals surface area contributed by atoms with Gasteiger partial charge in [-0.2, -0.15) is 0 Å². The van der Waals surface area contributed by atoms with E-state index in [1.54, 1.807) is 0 Å². The van der Waals surface area contributed by atoms with Crippen LogP contribution in [0.1, 0.15) is 30.5 Å². The first-order chi connectivity index (χ1) is 12.4. The normalized spacial score (nSPS) is 16.0. The van der Waals surface area contributed by atoms with Crippen LogP contribution < -0.4 is 9.47 Å². The first kappa shape index (κ1) is 18.2. The van der Waals surface area contributed by atoms with E-state index in [4.69, 9.17) is 14.2 Å². The van der Waals surface area contributed by atoms with Crippen molar-refractivity contribution in [3.63, 3.8) is 0 Å². The summed E-state index contributed by atoms with van der Waals surface area (Å²) in [7, 11) is 0. The standard InChI is InChI=1S/C22H24O4/c1-5-21(23)26-20-12-15(2)6-11-19(20)22(3,4)16-7-9-17(10-8-16)24-13-18-14-25-18/h5-12,18H,1,13-14H2,2-4H3. The zero-order chi connectivity index (χ0) is 18.7. The number of ether oxygens (including phenoxy) is 3. The minimum absolute atomic E-state index is 0.237. The van der Waals surface area contributed by atoms with Crippen LogP contribution in [0.3, 0.4) is 0 Å². The van der Waals surface area contributed by atoms with Crippen molar-refractivity contribution in [2.24, 2.45) is 0 Å². The van der Waals surface area contributed by atoms with Crippen LogP contribution in [0.4, 0.5) is 0 Å². The molecule has 1 saturated heterocycles. The van der Waals surface area contributed by atoms with Crippen LogP contribution in [-0.4, -0.2) is 25.3 Å². The number of epoxide rings is 1. The molecular formula is C22H24O4. The molecule has 1 heterocycles. The van der Waals surface area contributed by atoms with Gasteiger partial charge in [0.2, 0.25) is 0 Å². The quantitative estimate of drug-likeness (QED) is 0.324. The van der Waals surface area contributed by atoms with Crippen molar-refractivity contribution in [3.05, 3.63) is 71.8 Å². The zero-order valence-corrected chi connectivity index (χ0v) is 15.5. The molecule has 0 radical (unpaired) electrons. The molecule has 1 fully saturated rings. The van der Waals surface area contributed by atoms with Gasteiger partial charge in [-0.05, 0) is 36.2 Å². The minimum atomic E-state index is -0.460. The monoisotopic (exact) mass is 352 g/mol. The van der Waals surface area contributed by atoms with Crippen LogP contribution in [0.15, 0.2) is 55.1 Å². The number of aryl methyl sites for hydroxylation is 1. The molecule has 4 nitrogen and oxygen atoms in total. The molecule has 136 valence electrons. The van der Waals surface area contributed by atoms with Crippen molar-refractivity contribution in [2.45, 2.75) is 32.3 Å². The number of rotatable bonds is 7. The Balaban J connectivity index is 1.86. The molecular weight excluding hydrogens is 328 g/mol. The summed E-state index contributed by atoms with van der Waals surface area (Å²) in [6.07, 6.45) is 1.41. The van der Waals surface area contributed by atoms with E-state index < -0.39 is 5.97 Å². The van der Waals surface area contributed by atoms with Crippen molar-refractivity contribution < 1.29 is 19.0 Å². The predicted molar refractivity (Wildman–Crippen MR) is 101 cm³/mol. The maximum atomic E-state index is 11.7. The number of benzene rings is 2. The van der Waals surface area contributed by atoms with E-state index >= 15 is 0 Å². The highest BCUT2D eigenvalue weighted by atomic mass is 16.6. The van der Waals surface area contributed by atoms with Crippen LogP contribution in [0.5, 0.6) is 11.5 Å². The van der Waals surface area contributed by atoms with E-state index in [1.807, 2.05) is 49.4 Å². The predicted octanol–water partition coefficient (Wildman–Crippen LogP) is 4.19. The molecule has 4 heteroatoms. The lowest BCUT2D eigenvalue weighted by atomic mass is 9.77. The molecule has 0 bridgehead atoms. The summed E-state index contributed by atoms with van der Waals surface area (Å²) in [5, 5.41) is 0. The van der Waals surface area contributed by atoms with Crippen LogP contribution >= 0.6 is 0 Å². The first-order valence-corrected chi connectivity index (χ1v) is 8.70. The van der Waals surface area contributed by atoms with Crippen LogP contribution in [-0.2, 0) is 14.9 Å². The molecule has 0 aromatic heterocycles. The van der Waals surface area contributed by atoms with Gasteiger partial charge in [0.05, 0.1) is 6.61 Å². The van der Waals surface area contributed by atoms with Gasteiger partial charge in [-0.15, -0.1) is 0 Å². The molecule has 0 saturated carbocycles. The van der Waals surface area contributed by atoms with E-state index in [0.29, 0.717) is 12.4 Å². The number of hydrogen-bond donors (Lipinski definition) is 0. The molecule has 2 aromatic carbocycles. The highest BCUT2D eigenvalue weighted by molar-refractivity contribution is 5.83. The molecule has 2 aromatic rings. The van der Waals surface area contributed by atoms with E-state index in [0.717, 1.165) is 29.0 Å². The van der Waals surface area contributed by atoms with Gasteiger partial charge in [-0.1, -0.05) is 44.7 Å². The summed E-state index contributed by atoms with van der Waals surface area (Å²) in [4.78, 5) is 11.7. The Bertz CT molecular complexity index is 801. The number of carbonyl (C=O) groups excluding carboxylic acids is 1. The third-order valence-corrected chi connectivity index (χ3v) is 4.60. The maximum Gasteiger partial charge on any atom is 0.335 e. The third kappa shape index (κ3) is 4.14. The first-order valence-electron chi connectivity index (χ1n) is 8.70. The zero-order valence-electron chi connectivity index (χ0n) is 15.5. The Morgan fingerprint density at radius 1 is 1.27 bits per heavy atom. The Morgan fingerprint density at radius 2 is 1.96 bits per heavy atom. The molecule has 1 unspecified atom stereocenters. The highest BCUT2D eigenvalue weighted by Gasteiger charge is 2.28. The van der Waals surface area contributed by atoms with Crippen molar-refractivity contribution in [2.75, 3.05) is 13.2 Å². The van der Waals surface area contributed by atoms with E-state index in [-0.39, 0.29) is 11.5 Å². The van der Waals surface area contributed by atoms with Gasteiger partial charge in [-0.25, -0.2) is 4.79 Å². The Labute approximate surface area is 154 Å². The lowest BCUT2D eigenvalue weighted by Crippen LogP contribution is -2.21. The van der Waals surface area contributed by atoms with Gasteiger partial charge in [0.1, 0.15) is 24.2 Å². The maximum absolute atomic E-state index is 11.7. The fourth-order valence-corrected chi connectivity index (χ4v) is 2.86. The largest absolute Gasteiger partial charge is 0.491 e. The van der Waals surface area contributed by atoms with Crippen molar-refractivity contribution in [1.82, 2.24) is 0 Å². The fourth-order valence-electron chi connectivity index (χ4n) is 2.86. The summed E-state index contributed by atoms with van der Waals surface area (Å²) < 4.78 is 16.3. The highest BCUT2D eigenvalue weighted by Crippen LogP contribution is 2.38. The molecule has 1 atom stereocenters. The van der Waals surface area contributed by atoms with Crippen LogP contribution in [0, 0.1) is 6.92 Å². The fraction of sp³-hybridized carbons (Fsp3) is 0.318. The minimum Gasteiger partial charge on any atom is -0.491 e. The Hall–Kier alpha value is -2.59. The second-order valence-electron chi connectivity index (χ2n) is 7.04. The van der Waals surface area contributed by atoms with Crippen molar-refractivity contribution in [3.8, 4) is 11.5 Å². The molecule has 0 spiro atoms. The SMILES string of the molecule is C=CC(=O)Oc1cc(C)ccc1C(C)(C)c1ccc(OCC2CO2)cc1. The average Bonchev–Trinajstić information content (AvgIpc) is 3.44. The van der Waals surface area contributed by atoms with E-state index in [9.17, 15) is 4.79 Å². The van der Waals surface area contributed by atoms with E-state index in [2.05, 4.69) is 20.4 Å². The van der Waals surface area contributed by atoms with E-state index in [1.165, 1.54) is 6.08 Å². The summed E-state index contributed by atoms with van der Waals surface area (Å²) in [5.41, 5.74) is 2.73. The third-order valence-electron chi connectivity index (χ3n) is 4.60. The van der Waals surface area contributed by atoms with Crippen molar-refractivity contribution >= 4 is 5.97 Å². The molecule has 0 N–H and O–H groups in total. The Kier molecular flexibility index (Phi) is 5.14. The summed E-state index contributed by atoms with van der Waals surface area (Å²) in [5.74, 6) is 0.923. The average molecular weight is 352 g/mol. The number of hydrogen-bond acceptors (Lipinski definition) is 4. The van der Waals surface area contributed by atoms with Crippen LogP contribution in [0.2, 0.25) is 0 Å². The topological polar surface area (TPSA) is 48.1 Å². The molecule has 1 aliphatic rings. The lowest BCUT2D eigenvalue weighted by molar-refractivity contribution is -0.129. The van der Waals surface area contributed by atoms with Gasteiger partial charge in [0.15, 0.2) is 0 Å². The number of carbonyl (C=O) groups is 1. The van der Waals surface area contributed by atoms with Gasteiger partial charge < -0.3 is 14.2 Å². The number of esters is 1. The van der Waals surface area contributed by atoms with Gasteiger partial charge >= 0.3 is 5.97 Å². The summed E-state index contributed by atoms with van der Waals surface area (Å²) in [6.45, 7) is 11.0. The molecule has 26 heavy (non-hydrogen) atoms. The second kappa shape index (κ2) is 7.34. The molecule has 0 amide bonds. The Morgan fingerprint density at radius 3 is 2.58 bits per heavy atom. The smallest absolute Gasteiger partial charge is 0.335 e. The summed E-state index contributed by atoms with van der Waals surface area (Å²) in [6, 6.07) is 13.9. The molecule has 3 rings (SSSR count). The van der Waals surface area contributed by atoms with Gasteiger partial charge in [-0.3, -0.25) is 0 Å². The summed E-state index contributed by atoms with van der Waals surface area (Å²) >= 11 is 0. The second-order valence-corrected chi connectivity index (χ2v) is 7.04. The lowest BCUT2D eigenvalue weighted by Gasteiger charge is -2.28. The van der Waals surface area contributed by atoms with Crippen molar-refractivity contribution in [1.29, 1.82) is 0 Å². The van der Waals surface area contributed by atoms with Gasteiger partial charge in [0, 0.05) is 17.1 Å².